The highest BCUT2D eigenvalue weighted by Crippen LogP contribution is 2.33. The van der Waals surface area contributed by atoms with Crippen molar-refractivity contribution in [1.29, 1.82) is 0 Å². The third kappa shape index (κ3) is 3.50. The van der Waals surface area contributed by atoms with Gasteiger partial charge in [0.05, 0.1) is 29.6 Å². The van der Waals surface area contributed by atoms with Gasteiger partial charge in [-0.15, -0.1) is 0 Å². The second-order valence-electron chi connectivity index (χ2n) is 7.55. The lowest BCUT2D eigenvalue weighted by Crippen LogP contribution is -2.45. The van der Waals surface area contributed by atoms with Crippen molar-refractivity contribution in [2.45, 2.75) is 19.8 Å². The van der Waals surface area contributed by atoms with Crippen molar-refractivity contribution in [3.63, 3.8) is 0 Å². The molecule has 3 heterocycles. The Labute approximate surface area is 179 Å². The fourth-order valence-electron chi connectivity index (χ4n) is 3.99. The molecule has 0 spiro atoms. The molecule has 0 unspecified atom stereocenters. The van der Waals surface area contributed by atoms with E-state index in [2.05, 4.69) is 5.10 Å². The molecule has 1 saturated heterocycles. The molecule has 0 aliphatic carbocycles. The first-order valence-electron chi connectivity index (χ1n) is 10.2. The Kier molecular flexibility index (Phi) is 4.82. The summed E-state index contributed by atoms with van der Waals surface area (Å²) in [5.41, 5.74) is 2.94. The molecule has 0 atom stereocenters. The lowest BCUT2D eigenvalue weighted by atomic mass is 10.1. The molecule has 2 aliphatic heterocycles. The fraction of sp³-hybridized carbons (Fsp3) is 0.261. The van der Waals surface area contributed by atoms with Gasteiger partial charge in [0.15, 0.2) is 11.5 Å². The number of nitrogens with zero attached hydrogens (tertiary/aromatic N) is 4. The van der Waals surface area contributed by atoms with Gasteiger partial charge >= 0.3 is 0 Å². The number of amides is 2. The minimum Gasteiger partial charge on any atom is -0.454 e. The van der Waals surface area contributed by atoms with Crippen molar-refractivity contribution in [3.05, 3.63) is 71.5 Å². The van der Waals surface area contributed by atoms with Crippen LogP contribution < -0.4 is 9.47 Å². The first-order chi connectivity index (χ1) is 15.1. The van der Waals surface area contributed by atoms with Crippen LogP contribution in [0.3, 0.4) is 0 Å². The molecule has 1 fully saturated rings. The quantitative estimate of drug-likeness (QED) is 0.651. The Morgan fingerprint density at radius 3 is 2.61 bits per heavy atom. The summed E-state index contributed by atoms with van der Waals surface area (Å²) in [6.07, 6.45) is 2.50. The van der Waals surface area contributed by atoms with Crippen LogP contribution in [0.25, 0.3) is 5.69 Å². The standard InChI is InChI=1S/C23H22N4O4/c1-16-19(14-24-27(16)18-6-3-2-4-7-18)23(29)26-11-5-10-25(26)22(28)13-17-8-9-20-21(12-17)31-15-30-20/h2-4,6-9,12,14H,5,10-11,13,15H2,1H3. The summed E-state index contributed by atoms with van der Waals surface area (Å²) >= 11 is 0. The number of carbonyl (C=O) groups excluding carboxylic acids is 2. The number of aromatic nitrogens is 2. The van der Waals surface area contributed by atoms with Crippen LogP contribution in [0.15, 0.2) is 54.7 Å². The monoisotopic (exact) mass is 418 g/mol. The van der Waals surface area contributed by atoms with Crippen molar-refractivity contribution < 1.29 is 19.1 Å². The molecule has 0 radical (unpaired) electrons. The van der Waals surface area contributed by atoms with E-state index in [-0.39, 0.29) is 25.0 Å². The topological polar surface area (TPSA) is 76.9 Å². The van der Waals surface area contributed by atoms with Gasteiger partial charge in [-0.25, -0.2) is 9.69 Å². The number of hydrazine groups is 1. The fourth-order valence-corrected chi connectivity index (χ4v) is 3.99. The van der Waals surface area contributed by atoms with E-state index in [1.165, 1.54) is 5.01 Å². The highest BCUT2D eigenvalue weighted by atomic mass is 16.7. The Morgan fingerprint density at radius 2 is 1.77 bits per heavy atom. The van der Waals surface area contributed by atoms with E-state index in [0.29, 0.717) is 30.2 Å². The van der Waals surface area contributed by atoms with Gasteiger partial charge in [-0.3, -0.25) is 14.6 Å². The van der Waals surface area contributed by atoms with E-state index in [1.54, 1.807) is 22.0 Å². The van der Waals surface area contributed by atoms with Crippen LogP contribution in [0.2, 0.25) is 0 Å². The van der Waals surface area contributed by atoms with E-state index >= 15 is 0 Å². The number of hydrogen-bond donors (Lipinski definition) is 0. The maximum absolute atomic E-state index is 13.3. The second kappa shape index (κ2) is 7.79. The third-order valence-corrected chi connectivity index (χ3v) is 5.59. The molecule has 0 saturated carbocycles. The number of hydrogen-bond acceptors (Lipinski definition) is 5. The number of benzene rings is 2. The lowest BCUT2D eigenvalue weighted by Gasteiger charge is -2.28. The van der Waals surface area contributed by atoms with Crippen molar-refractivity contribution in [3.8, 4) is 17.2 Å². The van der Waals surface area contributed by atoms with E-state index in [1.807, 2.05) is 49.4 Å². The molecular weight excluding hydrogens is 396 g/mol. The zero-order valence-corrected chi connectivity index (χ0v) is 17.2. The molecular formula is C23H22N4O4. The zero-order chi connectivity index (χ0) is 21.4. The molecule has 1 aromatic heterocycles. The number of para-hydroxylation sites is 1. The lowest BCUT2D eigenvalue weighted by molar-refractivity contribution is -0.139. The van der Waals surface area contributed by atoms with Crippen LogP contribution in [0.4, 0.5) is 0 Å². The SMILES string of the molecule is Cc1c(C(=O)N2CCCN2C(=O)Cc2ccc3c(c2)OCO3)cnn1-c1ccccc1. The molecule has 0 bridgehead atoms. The molecule has 8 heteroatoms. The van der Waals surface area contributed by atoms with Crippen molar-refractivity contribution in [1.82, 2.24) is 19.8 Å². The largest absolute Gasteiger partial charge is 0.454 e. The minimum atomic E-state index is -0.212. The minimum absolute atomic E-state index is 0.127. The Morgan fingerprint density at radius 1 is 1.00 bits per heavy atom. The van der Waals surface area contributed by atoms with Crippen LogP contribution in [0.1, 0.15) is 28.0 Å². The van der Waals surface area contributed by atoms with Crippen LogP contribution >= 0.6 is 0 Å². The second-order valence-corrected chi connectivity index (χ2v) is 7.55. The van der Waals surface area contributed by atoms with Crippen molar-refractivity contribution >= 4 is 11.8 Å². The highest BCUT2D eigenvalue weighted by Gasteiger charge is 2.33. The van der Waals surface area contributed by atoms with Gasteiger partial charge in [0.2, 0.25) is 12.7 Å². The van der Waals surface area contributed by atoms with E-state index in [4.69, 9.17) is 9.47 Å². The normalized spacial score (nSPS) is 14.9. The Hall–Kier alpha value is -3.81. The van der Waals surface area contributed by atoms with E-state index < -0.39 is 0 Å². The summed E-state index contributed by atoms with van der Waals surface area (Å²) < 4.78 is 12.5. The van der Waals surface area contributed by atoms with E-state index in [9.17, 15) is 9.59 Å². The van der Waals surface area contributed by atoms with Crippen LogP contribution in [0, 0.1) is 6.92 Å². The molecule has 2 aliphatic rings. The molecule has 8 nitrogen and oxygen atoms in total. The van der Waals surface area contributed by atoms with Gasteiger partial charge in [0.25, 0.3) is 5.91 Å². The molecule has 5 rings (SSSR count). The average molecular weight is 418 g/mol. The third-order valence-electron chi connectivity index (χ3n) is 5.59. The summed E-state index contributed by atoms with van der Waals surface area (Å²) in [5, 5.41) is 7.47. The molecule has 3 aromatic rings. The smallest absolute Gasteiger partial charge is 0.275 e. The summed E-state index contributed by atoms with van der Waals surface area (Å²) in [6, 6.07) is 15.1. The van der Waals surface area contributed by atoms with Gasteiger partial charge in [-0.2, -0.15) is 5.10 Å². The number of ether oxygens (including phenoxy) is 2. The first kappa shape index (κ1) is 19.2. The average Bonchev–Trinajstić information content (AvgIpc) is 3.53. The maximum Gasteiger partial charge on any atom is 0.275 e. The van der Waals surface area contributed by atoms with Crippen molar-refractivity contribution in [2.75, 3.05) is 19.9 Å². The number of rotatable bonds is 4. The van der Waals surface area contributed by atoms with Crippen LogP contribution in [-0.4, -0.2) is 51.5 Å². The van der Waals surface area contributed by atoms with Crippen molar-refractivity contribution in [2.24, 2.45) is 0 Å². The summed E-state index contributed by atoms with van der Waals surface area (Å²) in [4.78, 5) is 26.3. The van der Waals surface area contributed by atoms with Gasteiger partial charge in [-0.1, -0.05) is 24.3 Å². The van der Waals surface area contributed by atoms with Crippen LogP contribution in [0.5, 0.6) is 11.5 Å². The summed E-state index contributed by atoms with van der Waals surface area (Å²) in [5.74, 6) is 0.984. The number of carbonyl (C=O) groups is 2. The summed E-state index contributed by atoms with van der Waals surface area (Å²) in [6.45, 7) is 3.07. The predicted molar refractivity (Wildman–Crippen MR) is 112 cm³/mol. The van der Waals surface area contributed by atoms with Crippen LogP contribution in [-0.2, 0) is 11.2 Å². The van der Waals surface area contributed by atoms with Gasteiger partial charge in [-0.05, 0) is 43.2 Å². The molecule has 0 N–H and O–H groups in total. The van der Waals surface area contributed by atoms with Gasteiger partial charge in [0.1, 0.15) is 0 Å². The predicted octanol–water partition coefficient (Wildman–Crippen LogP) is 2.74. The first-order valence-corrected chi connectivity index (χ1v) is 10.2. The van der Waals surface area contributed by atoms with Gasteiger partial charge in [0, 0.05) is 13.1 Å². The van der Waals surface area contributed by atoms with E-state index in [0.717, 1.165) is 23.4 Å². The number of fused-ring (bicyclic) bond motifs is 1. The van der Waals surface area contributed by atoms with Gasteiger partial charge < -0.3 is 9.47 Å². The Balaban J connectivity index is 1.34. The highest BCUT2D eigenvalue weighted by molar-refractivity contribution is 5.96. The zero-order valence-electron chi connectivity index (χ0n) is 17.2. The Bertz CT molecular complexity index is 1140. The molecule has 2 amide bonds. The molecule has 31 heavy (non-hydrogen) atoms. The summed E-state index contributed by atoms with van der Waals surface area (Å²) in [7, 11) is 0. The maximum atomic E-state index is 13.3. The molecule has 158 valence electrons. The molecule has 2 aromatic carbocycles.